The highest BCUT2D eigenvalue weighted by molar-refractivity contribution is 7.89. The predicted molar refractivity (Wildman–Crippen MR) is 114 cm³/mol. The number of benzene rings is 2. The summed E-state index contributed by atoms with van der Waals surface area (Å²) in [5.74, 6) is -1.19. The summed E-state index contributed by atoms with van der Waals surface area (Å²) in [6.07, 6.45) is 2.62. The van der Waals surface area contributed by atoms with E-state index in [0.717, 1.165) is 19.3 Å². The normalized spacial score (nSPS) is 14.9. The highest BCUT2D eigenvalue weighted by Crippen LogP contribution is 2.26. The molecule has 7 nitrogen and oxygen atoms in total. The first-order valence-corrected chi connectivity index (χ1v) is 11.5. The highest BCUT2D eigenvalue weighted by atomic mass is 35.5. The van der Waals surface area contributed by atoms with Crippen molar-refractivity contribution in [3.05, 3.63) is 58.6 Å². The maximum atomic E-state index is 12.9. The van der Waals surface area contributed by atoms with E-state index in [0.29, 0.717) is 13.1 Å². The summed E-state index contributed by atoms with van der Waals surface area (Å²) in [7, 11) is -3.72. The van der Waals surface area contributed by atoms with Crippen LogP contribution in [-0.4, -0.2) is 44.3 Å². The van der Waals surface area contributed by atoms with Crippen LogP contribution in [0.15, 0.2) is 47.4 Å². The number of carbonyl (C=O) groups excluding carboxylic acids is 2. The van der Waals surface area contributed by atoms with Crippen molar-refractivity contribution >= 4 is 39.2 Å². The lowest BCUT2D eigenvalue weighted by atomic mass is 10.1. The minimum Gasteiger partial charge on any atom is -0.462 e. The zero-order valence-electron chi connectivity index (χ0n) is 16.6. The number of esters is 1. The fourth-order valence-corrected chi connectivity index (χ4v) is 5.01. The molecule has 160 valence electrons. The monoisotopic (exact) mass is 450 g/mol. The van der Waals surface area contributed by atoms with E-state index < -0.39 is 21.9 Å². The van der Waals surface area contributed by atoms with E-state index in [4.69, 9.17) is 16.3 Å². The number of para-hydroxylation sites is 1. The number of amides is 1. The van der Waals surface area contributed by atoms with E-state index >= 15 is 0 Å². The van der Waals surface area contributed by atoms with Crippen molar-refractivity contribution < 1.29 is 22.7 Å². The van der Waals surface area contributed by atoms with Crippen LogP contribution >= 0.6 is 11.6 Å². The van der Waals surface area contributed by atoms with Crippen LogP contribution in [0.25, 0.3) is 0 Å². The first-order chi connectivity index (χ1) is 14.3. The number of anilines is 1. The van der Waals surface area contributed by atoms with Crippen molar-refractivity contribution in [1.82, 2.24) is 4.31 Å². The number of piperidine rings is 1. The van der Waals surface area contributed by atoms with E-state index in [1.54, 1.807) is 25.1 Å². The van der Waals surface area contributed by atoms with Gasteiger partial charge in [0.15, 0.2) is 0 Å². The molecule has 0 radical (unpaired) electrons. The summed E-state index contributed by atoms with van der Waals surface area (Å²) in [6.45, 7) is 2.80. The van der Waals surface area contributed by atoms with Crippen LogP contribution in [0, 0.1) is 0 Å². The molecule has 0 spiro atoms. The predicted octanol–water partition coefficient (Wildman–Crippen LogP) is 3.94. The van der Waals surface area contributed by atoms with Gasteiger partial charge in [0.25, 0.3) is 5.91 Å². The number of carbonyl (C=O) groups is 2. The molecule has 1 aliphatic rings. The second-order valence-corrected chi connectivity index (χ2v) is 9.17. The number of ether oxygens (including phenoxy) is 1. The molecule has 9 heteroatoms. The van der Waals surface area contributed by atoms with E-state index in [-0.39, 0.29) is 33.3 Å². The van der Waals surface area contributed by atoms with Crippen LogP contribution in [0.4, 0.5) is 5.69 Å². The van der Waals surface area contributed by atoms with Crippen LogP contribution < -0.4 is 5.32 Å². The Balaban J connectivity index is 1.89. The summed E-state index contributed by atoms with van der Waals surface area (Å²) in [5.41, 5.74) is 0.454. The molecule has 0 bridgehead atoms. The van der Waals surface area contributed by atoms with E-state index in [1.165, 1.54) is 28.6 Å². The fraction of sp³-hybridized carbons (Fsp3) is 0.333. The molecule has 30 heavy (non-hydrogen) atoms. The molecule has 1 aliphatic heterocycles. The van der Waals surface area contributed by atoms with Gasteiger partial charge in [-0.3, -0.25) is 4.79 Å². The maximum Gasteiger partial charge on any atom is 0.340 e. The van der Waals surface area contributed by atoms with Crippen LogP contribution in [0.1, 0.15) is 46.9 Å². The molecule has 0 unspecified atom stereocenters. The Bertz CT molecular complexity index is 1050. The molecule has 2 aromatic rings. The molecule has 2 aromatic carbocycles. The second kappa shape index (κ2) is 9.59. The molecule has 1 amide bonds. The van der Waals surface area contributed by atoms with Crippen molar-refractivity contribution in [2.75, 3.05) is 25.0 Å². The van der Waals surface area contributed by atoms with Gasteiger partial charge >= 0.3 is 5.97 Å². The molecule has 1 saturated heterocycles. The van der Waals surface area contributed by atoms with Crippen molar-refractivity contribution in [3.63, 3.8) is 0 Å². The third-order valence-corrected chi connectivity index (χ3v) is 7.03. The highest BCUT2D eigenvalue weighted by Gasteiger charge is 2.27. The quantitative estimate of drug-likeness (QED) is 0.673. The smallest absolute Gasteiger partial charge is 0.340 e. The molecule has 0 saturated carbocycles. The molecule has 3 rings (SSSR count). The number of sulfonamides is 1. The summed E-state index contributed by atoms with van der Waals surface area (Å²) >= 11 is 6.18. The Morgan fingerprint density at radius 2 is 1.77 bits per heavy atom. The molecular weight excluding hydrogens is 428 g/mol. The average molecular weight is 451 g/mol. The number of hydrogen-bond acceptors (Lipinski definition) is 5. The summed E-state index contributed by atoms with van der Waals surface area (Å²) in [6, 6.07) is 10.5. The zero-order valence-corrected chi connectivity index (χ0v) is 18.1. The fourth-order valence-electron chi connectivity index (χ4n) is 3.26. The van der Waals surface area contributed by atoms with Gasteiger partial charge in [0, 0.05) is 13.1 Å². The Morgan fingerprint density at radius 1 is 1.07 bits per heavy atom. The SMILES string of the molecule is CCOC(=O)c1ccccc1NC(=O)c1cc(S(=O)(=O)N2CCCCC2)ccc1Cl. The summed E-state index contributed by atoms with van der Waals surface area (Å²) < 4.78 is 32.3. The van der Waals surface area contributed by atoms with Crippen molar-refractivity contribution in [2.45, 2.75) is 31.1 Å². The van der Waals surface area contributed by atoms with Gasteiger partial charge in [-0.25, -0.2) is 13.2 Å². The van der Waals surface area contributed by atoms with Gasteiger partial charge in [-0.2, -0.15) is 4.31 Å². The van der Waals surface area contributed by atoms with Crippen molar-refractivity contribution in [2.24, 2.45) is 0 Å². The second-order valence-electron chi connectivity index (χ2n) is 6.83. The first-order valence-electron chi connectivity index (χ1n) is 9.72. The zero-order chi connectivity index (χ0) is 21.7. The lowest BCUT2D eigenvalue weighted by molar-refractivity contribution is 0.0527. The molecule has 1 heterocycles. The van der Waals surface area contributed by atoms with Gasteiger partial charge < -0.3 is 10.1 Å². The Morgan fingerprint density at radius 3 is 2.47 bits per heavy atom. The van der Waals surface area contributed by atoms with E-state index in [1.807, 2.05) is 0 Å². The molecule has 0 atom stereocenters. The van der Waals surface area contributed by atoms with Gasteiger partial charge in [0.1, 0.15) is 0 Å². The topological polar surface area (TPSA) is 92.8 Å². The number of nitrogens with zero attached hydrogens (tertiary/aromatic N) is 1. The number of rotatable bonds is 6. The van der Waals surface area contributed by atoms with Crippen molar-refractivity contribution in [3.8, 4) is 0 Å². The van der Waals surface area contributed by atoms with Gasteiger partial charge in [-0.15, -0.1) is 0 Å². The molecule has 0 aliphatic carbocycles. The van der Waals surface area contributed by atoms with Gasteiger partial charge in [0.05, 0.1) is 33.3 Å². The minimum absolute atomic E-state index is 0.00779. The molecule has 0 aromatic heterocycles. The first kappa shape index (κ1) is 22.3. The van der Waals surface area contributed by atoms with Crippen LogP contribution in [0.2, 0.25) is 5.02 Å². The molecule has 1 fully saturated rings. The lowest BCUT2D eigenvalue weighted by Gasteiger charge is -2.26. The molecular formula is C21H23ClN2O5S. The number of hydrogen-bond donors (Lipinski definition) is 1. The minimum atomic E-state index is -3.72. The Hall–Kier alpha value is -2.42. The van der Waals surface area contributed by atoms with Gasteiger partial charge in [-0.05, 0) is 50.1 Å². The Labute approximate surface area is 181 Å². The van der Waals surface area contributed by atoms with E-state index in [9.17, 15) is 18.0 Å². The van der Waals surface area contributed by atoms with Crippen LogP contribution in [-0.2, 0) is 14.8 Å². The number of nitrogens with one attached hydrogen (secondary N) is 1. The third kappa shape index (κ3) is 4.83. The summed E-state index contributed by atoms with van der Waals surface area (Å²) in [5, 5.41) is 2.74. The average Bonchev–Trinajstić information content (AvgIpc) is 2.75. The maximum absolute atomic E-state index is 12.9. The standard InChI is InChI=1S/C21H23ClN2O5S/c1-2-29-21(26)16-8-4-5-9-19(16)23-20(25)17-14-15(10-11-18(17)22)30(27,28)24-12-6-3-7-13-24/h4-5,8-11,14H,2-3,6-7,12-13H2,1H3,(H,23,25). The lowest BCUT2D eigenvalue weighted by Crippen LogP contribution is -2.35. The molecule has 1 N–H and O–H groups in total. The van der Waals surface area contributed by atoms with Crippen LogP contribution in [0.5, 0.6) is 0 Å². The Kier molecular flexibility index (Phi) is 7.12. The largest absolute Gasteiger partial charge is 0.462 e. The third-order valence-electron chi connectivity index (χ3n) is 4.81. The van der Waals surface area contributed by atoms with Crippen LogP contribution in [0.3, 0.4) is 0 Å². The van der Waals surface area contributed by atoms with Gasteiger partial charge in [0.2, 0.25) is 10.0 Å². The summed E-state index contributed by atoms with van der Waals surface area (Å²) in [4.78, 5) is 25.0. The van der Waals surface area contributed by atoms with Gasteiger partial charge in [-0.1, -0.05) is 30.2 Å². The van der Waals surface area contributed by atoms with E-state index in [2.05, 4.69) is 5.32 Å². The number of halogens is 1. The van der Waals surface area contributed by atoms with Crippen molar-refractivity contribution in [1.29, 1.82) is 0 Å².